The number of hydrogen-bond donors (Lipinski definition) is 1. The minimum absolute atomic E-state index is 0.0449. The van der Waals surface area contributed by atoms with Crippen molar-refractivity contribution in [1.29, 1.82) is 0 Å². The Morgan fingerprint density at radius 2 is 1.79 bits per heavy atom. The third kappa shape index (κ3) is 1.61. The van der Waals surface area contributed by atoms with Crippen molar-refractivity contribution >= 4 is 28.2 Å². The van der Waals surface area contributed by atoms with Gasteiger partial charge in [0, 0.05) is 17.1 Å². The van der Waals surface area contributed by atoms with Crippen LogP contribution in [0.25, 0.3) is 16.4 Å². The fourth-order valence-corrected chi connectivity index (χ4v) is 2.37. The molecule has 2 aromatic heterocycles. The van der Waals surface area contributed by atoms with Crippen LogP contribution in [0.2, 0.25) is 0 Å². The summed E-state index contributed by atoms with van der Waals surface area (Å²) in [5.74, 6) is -1.01. The fraction of sp³-hybridized carbons (Fsp3) is 0.0667. The van der Waals surface area contributed by atoms with E-state index in [1.54, 1.807) is 34.9 Å². The number of aromatic nitrogens is 1. The van der Waals surface area contributed by atoms with Crippen LogP contribution in [-0.2, 0) is 0 Å². The van der Waals surface area contributed by atoms with Gasteiger partial charge in [-0.1, -0.05) is 18.2 Å². The first-order valence-corrected chi connectivity index (χ1v) is 5.86. The monoisotopic (exact) mass is 253 g/mol. The molecule has 0 aliphatic heterocycles. The predicted molar refractivity (Wildman–Crippen MR) is 71.9 cm³/mol. The number of carboxylic acid groups (broad SMARTS) is 1. The van der Waals surface area contributed by atoms with Gasteiger partial charge in [-0.2, -0.15) is 0 Å². The van der Waals surface area contributed by atoms with Crippen molar-refractivity contribution in [3.63, 3.8) is 0 Å². The number of carbonyl (C=O) groups excluding carboxylic acids is 1. The number of ketones is 1. The van der Waals surface area contributed by atoms with Gasteiger partial charge in [-0.05, 0) is 25.1 Å². The highest BCUT2D eigenvalue weighted by molar-refractivity contribution is 6.11. The summed E-state index contributed by atoms with van der Waals surface area (Å²) in [6.45, 7) is 1.49. The van der Waals surface area contributed by atoms with E-state index in [0.717, 1.165) is 5.52 Å². The molecule has 19 heavy (non-hydrogen) atoms. The van der Waals surface area contributed by atoms with Crippen LogP contribution in [0.1, 0.15) is 27.6 Å². The van der Waals surface area contributed by atoms with Crippen LogP contribution in [0.3, 0.4) is 0 Å². The molecule has 0 fully saturated rings. The number of carboxylic acids is 1. The van der Waals surface area contributed by atoms with Crippen molar-refractivity contribution in [3.8, 4) is 0 Å². The maximum absolute atomic E-state index is 11.4. The molecule has 3 rings (SSSR count). The van der Waals surface area contributed by atoms with Gasteiger partial charge in [-0.3, -0.25) is 4.79 Å². The lowest BCUT2D eigenvalue weighted by molar-refractivity contribution is 0.0701. The predicted octanol–water partition coefficient (Wildman–Crippen LogP) is 2.99. The summed E-state index contributed by atoms with van der Waals surface area (Å²) in [4.78, 5) is 22.9. The van der Waals surface area contributed by atoms with Crippen LogP contribution in [0.15, 0.2) is 42.6 Å². The largest absolute Gasteiger partial charge is 0.478 e. The summed E-state index contributed by atoms with van der Waals surface area (Å²) in [5.41, 5.74) is 2.22. The highest BCUT2D eigenvalue weighted by Gasteiger charge is 2.17. The molecule has 0 radical (unpaired) electrons. The number of Topliss-reactive ketones (excluding diaryl/α,β-unsaturated/α-hetero) is 1. The highest BCUT2D eigenvalue weighted by atomic mass is 16.4. The van der Waals surface area contributed by atoms with Gasteiger partial charge < -0.3 is 9.51 Å². The van der Waals surface area contributed by atoms with E-state index >= 15 is 0 Å². The molecule has 0 atom stereocenters. The maximum atomic E-state index is 11.4. The lowest BCUT2D eigenvalue weighted by Gasteiger charge is -2.00. The molecule has 0 unspecified atom stereocenters. The van der Waals surface area contributed by atoms with Gasteiger partial charge in [-0.15, -0.1) is 0 Å². The summed E-state index contributed by atoms with van der Waals surface area (Å²) < 4.78 is 1.76. The van der Waals surface area contributed by atoms with Crippen LogP contribution in [-0.4, -0.2) is 21.3 Å². The zero-order chi connectivity index (χ0) is 13.6. The lowest BCUT2D eigenvalue weighted by Crippen LogP contribution is -1.98. The SMILES string of the molecule is CC(=O)c1ccc2c(C(=O)O)c3ccccc3n2c1. The molecule has 0 spiro atoms. The lowest BCUT2D eigenvalue weighted by atomic mass is 10.1. The Kier molecular flexibility index (Phi) is 2.38. The average Bonchev–Trinajstić information content (AvgIpc) is 2.72. The average molecular weight is 253 g/mol. The van der Waals surface area contributed by atoms with E-state index in [4.69, 9.17) is 0 Å². The van der Waals surface area contributed by atoms with Crippen LogP contribution in [0.5, 0.6) is 0 Å². The fourth-order valence-electron chi connectivity index (χ4n) is 2.37. The van der Waals surface area contributed by atoms with Gasteiger partial charge >= 0.3 is 5.97 Å². The topological polar surface area (TPSA) is 58.8 Å². The van der Waals surface area contributed by atoms with Crippen LogP contribution in [0.4, 0.5) is 0 Å². The van der Waals surface area contributed by atoms with E-state index in [2.05, 4.69) is 0 Å². The molecule has 0 aliphatic rings. The Balaban J connectivity index is 2.52. The van der Waals surface area contributed by atoms with E-state index in [1.165, 1.54) is 6.92 Å². The van der Waals surface area contributed by atoms with Gasteiger partial charge in [0.25, 0.3) is 0 Å². The first kappa shape index (κ1) is 11.5. The smallest absolute Gasteiger partial charge is 0.338 e. The number of nitrogens with zero attached hydrogens (tertiary/aromatic N) is 1. The zero-order valence-corrected chi connectivity index (χ0v) is 10.3. The molecular formula is C15H11NO3. The number of fused-ring (bicyclic) bond motifs is 3. The molecular weight excluding hydrogens is 242 g/mol. The molecule has 3 aromatic rings. The van der Waals surface area contributed by atoms with Crippen molar-refractivity contribution < 1.29 is 14.7 Å². The molecule has 0 amide bonds. The molecule has 0 saturated carbocycles. The van der Waals surface area contributed by atoms with Crippen molar-refractivity contribution in [2.24, 2.45) is 0 Å². The van der Waals surface area contributed by atoms with E-state index in [1.807, 2.05) is 12.1 Å². The number of pyridine rings is 1. The van der Waals surface area contributed by atoms with Crippen molar-refractivity contribution in [2.45, 2.75) is 6.92 Å². The number of carbonyl (C=O) groups is 2. The number of para-hydroxylation sites is 1. The second-order valence-corrected chi connectivity index (χ2v) is 4.43. The van der Waals surface area contributed by atoms with Gasteiger partial charge in [0.05, 0.1) is 16.6 Å². The normalized spacial score (nSPS) is 11.0. The number of benzene rings is 1. The number of hydrogen-bond acceptors (Lipinski definition) is 2. The maximum Gasteiger partial charge on any atom is 0.338 e. The van der Waals surface area contributed by atoms with E-state index < -0.39 is 5.97 Å². The molecule has 4 nitrogen and oxygen atoms in total. The molecule has 4 heteroatoms. The Hall–Kier alpha value is -2.62. The Morgan fingerprint density at radius 3 is 2.47 bits per heavy atom. The first-order valence-electron chi connectivity index (χ1n) is 5.86. The summed E-state index contributed by atoms with van der Waals surface area (Å²) in [6, 6.07) is 10.6. The number of rotatable bonds is 2. The van der Waals surface area contributed by atoms with E-state index in [-0.39, 0.29) is 11.3 Å². The quantitative estimate of drug-likeness (QED) is 0.714. The summed E-state index contributed by atoms with van der Waals surface area (Å²) in [6.07, 6.45) is 1.69. The van der Waals surface area contributed by atoms with Gasteiger partial charge in [0.15, 0.2) is 5.78 Å². The highest BCUT2D eigenvalue weighted by Crippen LogP contribution is 2.27. The standard InChI is InChI=1S/C15H11NO3/c1-9(17)10-6-7-13-14(15(18)19)11-4-2-3-5-12(11)16(13)8-10/h2-8H,1H3,(H,18,19). The van der Waals surface area contributed by atoms with Crippen molar-refractivity contribution in [2.75, 3.05) is 0 Å². The third-order valence-electron chi connectivity index (χ3n) is 3.26. The molecule has 0 bridgehead atoms. The van der Waals surface area contributed by atoms with Gasteiger partial charge in [-0.25, -0.2) is 4.79 Å². The molecule has 94 valence electrons. The molecule has 0 aliphatic carbocycles. The second-order valence-electron chi connectivity index (χ2n) is 4.43. The third-order valence-corrected chi connectivity index (χ3v) is 3.26. The van der Waals surface area contributed by atoms with Crippen molar-refractivity contribution in [3.05, 3.63) is 53.7 Å². The van der Waals surface area contributed by atoms with Crippen LogP contribution < -0.4 is 0 Å². The van der Waals surface area contributed by atoms with Gasteiger partial charge in [0.2, 0.25) is 0 Å². The molecule has 1 aromatic carbocycles. The Bertz CT molecular complexity index is 830. The van der Waals surface area contributed by atoms with Crippen LogP contribution >= 0.6 is 0 Å². The minimum atomic E-state index is -0.964. The molecule has 1 N–H and O–H groups in total. The van der Waals surface area contributed by atoms with Crippen LogP contribution in [0, 0.1) is 0 Å². The van der Waals surface area contributed by atoms with Crippen molar-refractivity contribution in [1.82, 2.24) is 4.40 Å². The van der Waals surface area contributed by atoms with E-state index in [9.17, 15) is 14.7 Å². The first-order chi connectivity index (χ1) is 9.09. The van der Waals surface area contributed by atoms with E-state index in [0.29, 0.717) is 16.5 Å². The minimum Gasteiger partial charge on any atom is -0.478 e. The summed E-state index contributed by atoms with van der Waals surface area (Å²) in [5, 5.41) is 10.0. The Morgan fingerprint density at radius 1 is 1.05 bits per heavy atom. The molecule has 2 heterocycles. The Labute approximate surface area is 108 Å². The molecule has 0 saturated heterocycles. The number of aromatic carboxylic acids is 1. The summed E-state index contributed by atoms with van der Waals surface area (Å²) in [7, 11) is 0. The summed E-state index contributed by atoms with van der Waals surface area (Å²) >= 11 is 0. The van der Waals surface area contributed by atoms with Gasteiger partial charge in [0.1, 0.15) is 0 Å². The second kappa shape index (κ2) is 3.95. The zero-order valence-electron chi connectivity index (χ0n) is 10.3.